The molecule has 0 fully saturated rings. The number of aryl methyl sites for hydroxylation is 1. The fourth-order valence-corrected chi connectivity index (χ4v) is 1.05. The van der Waals surface area contributed by atoms with Gasteiger partial charge in [0.1, 0.15) is 0 Å². The summed E-state index contributed by atoms with van der Waals surface area (Å²) in [5.74, 6) is -2.85. The average Bonchev–Trinajstić information content (AvgIpc) is 2.13. The Kier molecular flexibility index (Phi) is 3.19. The van der Waals surface area contributed by atoms with E-state index in [1.807, 2.05) is 0 Å². The van der Waals surface area contributed by atoms with Crippen molar-refractivity contribution in [1.82, 2.24) is 0 Å². The topological polar surface area (TPSA) is 40.5 Å². The number of benzene rings is 1. The largest absolute Gasteiger partial charge is 0.503 e. The second kappa shape index (κ2) is 4.18. The molecule has 13 heavy (non-hydrogen) atoms. The molecular formula is C9H10F2O2. The number of rotatable bonds is 3. The summed E-state index contributed by atoms with van der Waals surface area (Å²) < 4.78 is 25.6. The molecule has 0 spiro atoms. The molecule has 1 aromatic carbocycles. The van der Waals surface area contributed by atoms with E-state index in [0.717, 1.165) is 6.07 Å². The van der Waals surface area contributed by atoms with E-state index >= 15 is 0 Å². The first-order chi connectivity index (χ1) is 6.16. The van der Waals surface area contributed by atoms with Gasteiger partial charge in [-0.2, -0.15) is 0 Å². The third-order valence-electron chi connectivity index (χ3n) is 1.75. The maximum atomic E-state index is 13.0. The standard InChI is InChI=1S/C9H10F2O2/c10-7-4-3-6(2-1-5-12)8(11)9(7)13/h3-4,12-13H,1-2,5H2. The van der Waals surface area contributed by atoms with Crippen LogP contribution in [0.3, 0.4) is 0 Å². The fraction of sp³-hybridized carbons (Fsp3) is 0.333. The van der Waals surface area contributed by atoms with E-state index in [1.54, 1.807) is 0 Å². The highest BCUT2D eigenvalue weighted by Gasteiger charge is 2.11. The molecule has 0 aliphatic carbocycles. The Labute approximate surface area is 74.4 Å². The average molecular weight is 188 g/mol. The zero-order chi connectivity index (χ0) is 9.84. The van der Waals surface area contributed by atoms with E-state index in [9.17, 15) is 8.78 Å². The van der Waals surface area contributed by atoms with Crippen LogP contribution in [0.2, 0.25) is 0 Å². The molecule has 2 nitrogen and oxygen atoms in total. The fourth-order valence-electron chi connectivity index (χ4n) is 1.05. The molecule has 0 bridgehead atoms. The minimum absolute atomic E-state index is 0.0580. The predicted octanol–water partition coefficient (Wildman–Crippen LogP) is 1.60. The maximum Gasteiger partial charge on any atom is 0.188 e. The van der Waals surface area contributed by atoms with E-state index in [2.05, 4.69) is 0 Å². The Hall–Kier alpha value is -1.16. The molecule has 1 aromatic rings. The van der Waals surface area contributed by atoms with E-state index in [0.29, 0.717) is 6.42 Å². The van der Waals surface area contributed by atoms with Crippen molar-refractivity contribution in [3.63, 3.8) is 0 Å². The number of phenolic OH excluding ortho intramolecular Hbond substituents is 1. The summed E-state index contributed by atoms with van der Waals surface area (Å²) in [4.78, 5) is 0. The molecule has 0 heterocycles. The molecule has 72 valence electrons. The lowest BCUT2D eigenvalue weighted by Gasteiger charge is -2.03. The van der Waals surface area contributed by atoms with Gasteiger partial charge in [-0.05, 0) is 24.5 Å². The highest BCUT2D eigenvalue weighted by molar-refractivity contribution is 5.31. The molecule has 0 saturated heterocycles. The number of hydrogen-bond acceptors (Lipinski definition) is 2. The van der Waals surface area contributed by atoms with Crippen molar-refractivity contribution in [2.75, 3.05) is 6.61 Å². The van der Waals surface area contributed by atoms with Crippen molar-refractivity contribution < 1.29 is 19.0 Å². The lowest BCUT2D eigenvalue weighted by Crippen LogP contribution is -1.95. The van der Waals surface area contributed by atoms with Gasteiger partial charge in [0.2, 0.25) is 0 Å². The molecule has 1 rings (SSSR count). The van der Waals surface area contributed by atoms with Crippen LogP contribution in [0.4, 0.5) is 8.78 Å². The molecule has 4 heteroatoms. The molecule has 0 unspecified atom stereocenters. The van der Waals surface area contributed by atoms with Crippen LogP contribution < -0.4 is 0 Å². The smallest absolute Gasteiger partial charge is 0.188 e. The molecule has 0 radical (unpaired) electrons. The maximum absolute atomic E-state index is 13.0. The molecule has 2 N–H and O–H groups in total. The number of phenols is 1. The third-order valence-corrected chi connectivity index (χ3v) is 1.75. The SMILES string of the molecule is OCCCc1ccc(F)c(O)c1F. The van der Waals surface area contributed by atoms with E-state index in [4.69, 9.17) is 10.2 Å². The van der Waals surface area contributed by atoms with Crippen LogP contribution in [-0.2, 0) is 6.42 Å². The third kappa shape index (κ3) is 2.15. The molecule has 0 atom stereocenters. The molecular weight excluding hydrogens is 178 g/mol. The summed E-state index contributed by atoms with van der Waals surface area (Å²) in [6, 6.07) is 2.27. The first-order valence-corrected chi connectivity index (χ1v) is 3.93. The molecule has 0 amide bonds. The summed E-state index contributed by atoms with van der Waals surface area (Å²) in [5.41, 5.74) is 0.216. The first-order valence-electron chi connectivity index (χ1n) is 3.93. The van der Waals surface area contributed by atoms with Crippen LogP contribution in [0.25, 0.3) is 0 Å². The minimum atomic E-state index is -0.967. The van der Waals surface area contributed by atoms with Crippen LogP contribution in [-0.4, -0.2) is 16.8 Å². The van der Waals surface area contributed by atoms with Crippen molar-refractivity contribution in [2.45, 2.75) is 12.8 Å². The monoisotopic (exact) mass is 188 g/mol. The number of aliphatic hydroxyl groups is 1. The van der Waals surface area contributed by atoms with Gasteiger partial charge in [0.05, 0.1) is 0 Å². The zero-order valence-corrected chi connectivity index (χ0v) is 6.93. The second-order valence-corrected chi connectivity index (χ2v) is 2.70. The van der Waals surface area contributed by atoms with Crippen LogP contribution in [0, 0.1) is 11.6 Å². The van der Waals surface area contributed by atoms with Crippen molar-refractivity contribution in [3.05, 3.63) is 29.3 Å². The number of aliphatic hydroxyl groups excluding tert-OH is 1. The van der Waals surface area contributed by atoms with Crippen molar-refractivity contribution in [1.29, 1.82) is 0 Å². The highest BCUT2D eigenvalue weighted by Crippen LogP contribution is 2.23. The molecule has 0 aliphatic rings. The summed E-state index contributed by atoms with van der Waals surface area (Å²) in [6.45, 7) is -0.0580. The van der Waals surface area contributed by atoms with Crippen LogP contribution in [0.15, 0.2) is 12.1 Å². The summed E-state index contributed by atoms with van der Waals surface area (Å²) in [6.07, 6.45) is 0.679. The Morgan fingerprint density at radius 3 is 2.54 bits per heavy atom. The quantitative estimate of drug-likeness (QED) is 0.756. The van der Waals surface area contributed by atoms with Crippen LogP contribution in [0.1, 0.15) is 12.0 Å². The van der Waals surface area contributed by atoms with E-state index in [1.165, 1.54) is 6.07 Å². The number of aromatic hydroxyl groups is 1. The van der Waals surface area contributed by atoms with Crippen LogP contribution in [0.5, 0.6) is 5.75 Å². The van der Waals surface area contributed by atoms with Gasteiger partial charge in [0, 0.05) is 6.61 Å². The number of hydrogen-bond donors (Lipinski definition) is 2. The van der Waals surface area contributed by atoms with E-state index < -0.39 is 17.4 Å². The predicted molar refractivity (Wildman–Crippen MR) is 43.4 cm³/mol. The zero-order valence-electron chi connectivity index (χ0n) is 6.93. The molecule has 0 saturated carbocycles. The summed E-state index contributed by atoms with van der Waals surface area (Å²) >= 11 is 0. The van der Waals surface area contributed by atoms with Gasteiger partial charge < -0.3 is 10.2 Å². The van der Waals surface area contributed by atoms with Gasteiger partial charge in [-0.25, -0.2) is 8.78 Å². The van der Waals surface area contributed by atoms with E-state index in [-0.39, 0.29) is 18.6 Å². The van der Waals surface area contributed by atoms with Crippen LogP contribution >= 0.6 is 0 Å². The molecule has 0 aromatic heterocycles. The Balaban J connectivity index is 2.90. The lowest BCUT2D eigenvalue weighted by atomic mass is 10.1. The van der Waals surface area contributed by atoms with Crippen molar-refractivity contribution in [3.8, 4) is 5.75 Å². The normalized spacial score (nSPS) is 10.4. The van der Waals surface area contributed by atoms with Gasteiger partial charge in [0.25, 0.3) is 0 Å². The first kappa shape index (κ1) is 9.92. The lowest BCUT2D eigenvalue weighted by molar-refractivity contribution is 0.287. The summed E-state index contributed by atoms with van der Waals surface area (Å²) in [5, 5.41) is 17.4. The number of halogens is 2. The van der Waals surface area contributed by atoms with Gasteiger partial charge in [-0.15, -0.1) is 0 Å². The van der Waals surface area contributed by atoms with Gasteiger partial charge in [-0.3, -0.25) is 0 Å². The van der Waals surface area contributed by atoms with Gasteiger partial charge >= 0.3 is 0 Å². The Bertz CT molecular complexity index is 300. The molecule has 0 aliphatic heterocycles. The van der Waals surface area contributed by atoms with Crippen molar-refractivity contribution in [2.24, 2.45) is 0 Å². The Morgan fingerprint density at radius 1 is 1.23 bits per heavy atom. The second-order valence-electron chi connectivity index (χ2n) is 2.70. The minimum Gasteiger partial charge on any atom is -0.503 e. The summed E-state index contributed by atoms with van der Waals surface area (Å²) in [7, 11) is 0. The van der Waals surface area contributed by atoms with Gasteiger partial charge in [-0.1, -0.05) is 6.07 Å². The highest BCUT2D eigenvalue weighted by atomic mass is 19.1. The Morgan fingerprint density at radius 2 is 1.92 bits per heavy atom. The van der Waals surface area contributed by atoms with Gasteiger partial charge in [0.15, 0.2) is 17.4 Å². The van der Waals surface area contributed by atoms with Crippen molar-refractivity contribution >= 4 is 0 Å².